The largest absolute Gasteiger partial charge is 0.493 e. The lowest BCUT2D eigenvalue weighted by atomic mass is 10.1. The van der Waals surface area contributed by atoms with Crippen LogP contribution in [0.1, 0.15) is 27.9 Å². The number of carbonyl (C=O) groups excluding carboxylic acids is 2. The van der Waals surface area contributed by atoms with Gasteiger partial charge in [0.1, 0.15) is 5.56 Å². The molecule has 0 saturated heterocycles. The number of thiazole rings is 1. The van der Waals surface area contributed by atoms with Crippen LogP contribution in [0, 0.1) is 10.1 Å². The zero-order valence-corrected chi connectivity index (χ0v) is 17.4. The predicted octanol–water partition coefficient (Wildman–Crippen LogP) is 2.84. The van der Waals surface area contributed by atoms with Crippen molar-refractivity contribution in [3.8, 4) is 11.5 Å². The number of hydrogen-bond donors (Lipinski definition) is 1. The molecule has 2 heterocycles. The van der Waals surface area contributed by atoms with Crippen LogP contribution in [0.25, 0.3) is 0 Å². The summed E-state index contributed by atoms with van der Waals surface area (Å²) in [5.41, 5.74) is 0.325. The Kier molecular flexibility index (Phi) is 6.35. The van der Waals surface area contributed by atoms with Crippen LogP contribution < -0.4 is 14.8 Å². The van der Waals surface area contributed by atoms with E-state index >= 15 is 0 Å². The zero-order valence-electron chi connectivity index (χ0n) is 16.6. The van der Waals surface area contributed by atoms with Crippen molar-refractivity contribution in [2.45, 2.75) is 19.9 Å². The van der Waals surface area contributed by atoms with Gasteiger partial charge in [-0.15, -0.1) is 0 Å². The highest BCUT2D eigenvalue weighted by Crippen LogP contribution is 2.36. The molecule has 2 amide bonds. The smallest absolute Gasteiger partial charge is 0.413 e. The molecule has 1 N–H and O–H groups in total. The van der Waals surface area contributed by atoms with Crippen molar-refractivity contribution in [1.82, 2.24) is 9.88 Å². The number of benzene rings is 1. The van der Waals surface area contributed by atoms with Gasteiger partial charge in [0.2, 0.25) is 0 Å². The van der Waals surface area contributed by atoms with Crippen molar-refractivity contribution in [2.75, 3.05) is 32.7 Å². The molecule has 30 heavy (non-hydrogen) atoms. The second-order valence-electron chi connectivity index (χ2n) is 6.19. The van der Waals surface area contributed by atoms with Gasteiger partial charge in [-0.2, -0.15) is 0 Å². The number of nitrogens with one attached hydrogen (secondary N) is 1. The van der Waals surface area contributed by atoms with Gasteiger partial charge in [-0.05, 0) is 6.92 Å². The van der Waals surface area contributed by atoms with Crippen LogP contribution in [0.2, 0.25) is 0 Å². The average molecular weight is 436 g/mol. The van der Waals surface area contributed by atoms with Gasteiger partial charge in [0.05, 0.1) is 44.1 Å². The van der Waals surface area contributed by atoms with E-state index in [1.807, 2.05) is 0 Å². The minimum absolute atomic E-state index is 0.0875. The predicted molar refractivity (Wildman–Crippen MR) is 107 cm³/mol. The molecule has 0 radical (unpaired) electrons. The molecule has 0 spiro atoms. The Hall–Kier alpha value is -3.41. The third-order valence-electron chi connectivity index (χ3n) is 4.43. The molecule has 11 nitrogen and oxygen atoms in total. The van der Waals surface area contributed by atoms with Crippen LogP contribution in [0.15, 0.2) is 12.1 Å². The van der Waals surface area contributed by atoms with E-state index in [4.69, 9.17) is 14.2 Å². The summed E-state index contributed by atoms with van der Waals surface area (Å²) < 4.78 is 15.1. The Morgan fingerprint density at radius 1 is 1.30 bits per heavy atom. The molecule has 12 heteroatoms. The standard InChI is InChI=1S/C18H20N4O7S/c1-4-29-18(24)20-17-19-11-5-6-21(9-15(11)30-17)16(23)10-7-13(27-2)14(28-3)8-12(10)22(25)26/h7-8H,4-6,9H2,1-3H3,(H,19,20,24). The summed E-state index contributed by atoms with van der Waals surface area (Å²) in [5, 5.41) is 14.4. The van der Waals surface area contributed by atoms with Crippen molar-refractivity contribution < 1.29 is 28.7 Å². The second-order valence-corrected chi connectivity index (χ2v) is 7.28. The Bertz CT molecular complexity index is 991. The summed E-state index contributed by atoms with van der Waals surface area (Å²) in [6.07, 6.45) is -0.138. The van der Waals surface area contributed by atoms with Crippen molar-refractivity contribution in [3.63, 3.8) is 0 Å². The van der Waals surface area contributed by atoms with E-state index in [-0.39, 0.29) is 35.9 Å². The van der Waals surface area contributed by atoms with Gasteiger partial charge in [0, 0.05) is 23.9 Å². The quantitative estimate of drug-likeness (QED) is 0.540. The van der Waals surface area contributed by atoms with Crippen LogP contribution in [-0.4, -0.2) is 54.2 Å². The molecule has 2 aromatic rings. The van der Waals surface area contributed by atoms with E-state index in [1.165, 1.54) is 42.6 Å². The number of hydrogen-bond acceptors (Lipinski definition) is 9. The maximum atomic E-state index is 13.1. The highest BCUT2D eigenvalue weighted by Gasteiger charge is 2.31. The summed E-state index contributed by atoms with van der Waals surface area (Å²) in [4.78, 5) is 42.2. The molecule has 160 valence electrons. The van der Waals surface area contributed by atoms with Gasteiger partial charge < -0.3 is 19.1 Å². The number of methoxy groups -OCH3 is 2. The van der Waals surface area contributed by atoms with Crippen molar-refractivity contribution in [2.24, 2.45) is 0 Å². The van der Waals surface area contributed by atoms with Crippen LogP contribution >= 0.6 is 11.3 Å². The summed E-state index contributed by atoms with van der Waals surface area (Å²) in [6.45, 7) is 2.49. The monoisotopic (exact) mass is 436 g/mol. The van der Waals surface area contributed by atoms with Crippen LogP contribution in [-0.2, 0) is 17.7 Å². The molecular formula is C18H20N4O7S. The van der Waals surface area contributed by atoms with E-state index < -0.39 is 16.9 Å². The van der Waals surface area contributed by atoms with Gasteiger partial charge in [-0.25, -0.2) is 9.78 Å². The van der Waals surface area contributed by atoms with Gasteiger partial charge in [0.15, 0.2) is 16.6 Å². The van der Waals surface area contributed by atoms with Gasteiger partial charge in [-0.3, -0.25) is 20.2 Å². The number of ether oxygens (including phenoxy) is 3. The highest BCUT2D eigenvalue weighted by atomic mass is 32.1. The first kappa shape index (κ1) is 21.3. The maximum absolute atomic E-state index is 13.1. The number of nitro benzene ring substituents is 1. The molecule has 0 bridgehead atoms. The first-order chi connectivity index (χ1) is 14.4. The molecule has 1 aliphatic rings. The number of aromatic nitrogens is 1. The number of amides is 2. The summed E-state index contributed by atoms with van der Waals surface area (Å²) in [6, 6.07) is 2.49. The minimum Gasteiger partial charge on any atom is -0.493 e. The first-order valence-corrected chi connectivity index (χ1v) is 9.81. The SMILES string of the molecule is CCOC(=O)Nc1nc2c(s1)CN(C(=O)c1cc(OC)c(OC)cc1[N+](=O)[O-])CC2. The van der Waals surface area contributed by atoms with Crippen LogP contribution in [0.4, 0.5) is 15.6 Å². The van der Waals surface area contributed by atoms with E-state index in [0.717, 1.165) is 10.6 Å². The van der Waals surface area contributed by atoms with Gasteiger partial charge in [0.25, 0.3) is 11.6 Å². The molecular weight excluding hydrogens is 416 g/mol. The second kappa shape index (κ2) is 8.95. The van der Waals surface area contributed by atoms with E-state index in [2.05, 4.69) is 10.3 Å². The molecule has 0 aliphatic carbocycles. The first-order valence-electron chi connectivity index (χ1n) is 8.99. The molecule has 3 rings (SSSR count). The Morgan fingerprint density at radius 2 is 2.00 bits per heavy atom. The normalized spacial score (nSPS) is 12.7. The number of nitrogens with zero attached hydrogens (tertiary/aromatic N) is 3. The Balaban J connectivity index is 1.85. The molecule has 0 saturated carbocycles. The molecule has 0 unspecified atom stereocenters. The maximum Gasteiger partial charge on any atom is 0.413 e. The van der Waals surface area contributed by atoms with E-state index in [9.17, 15) is 19.7 Å². The topological polar surface area (TPSA) is 133 Å². The molecule has 0 fully saturated rings. The van der Waals surface area contributed by atoms with E-state index in [1.54, 1.807) is 6.92 Å². The van der Waals surface area contributed by atoms with Crippen molar-refractivity contribution in [1.29, 1.82) is 0 Å². The fourth-order valence-electron chi connectivity index (χ4n) is 3.04. The summed E-state index contributed by atoms with van der Waals surface area (Å²) in [5.74, 6) is -0.108. The molecule has 1 aromatic carbocycles. The minimum atomic E-state index is -0.626. The lowest BCUT2D eigenvalue weighted by Crippen LogP contribution is -2.35. The lowest BCUT2D eigenvalue weighted by molar-refractivity contribution is -0.385. The third-order valence-corrected chi connectivity index (χ3v) is 5.43. The Labute approximate surface area is 175 Å². The number of fused-ring (bicyclic) bond motifs is 1. The molecule has 1 aromatic heterocycles. The summed E-state index contributed by atoms with van der Waals surface area (Å²) >= 11 is 1.23. The third kappa shape index (κ3) is 4.27. The average Bonchev–Trinajstić information content (AvgIpc) is 3.13. The van der Waals surface area contributed by atoms with Crippen LogP contribution in [0.5, 0.6) is 11.5 Å². The molecule has 1 aliphatic heterocycles. The Morgan fingerprint density at radius 3 is 2.63 bits per heavy atom. The highest BCUT2D eigenvalue weighted by molar-refractivity contribution is 7.15. The van der Waals surface area contributed by atoms with Gasteiger partial charge >= 0.3 is 6.09 Å². The van der Waals surface area contributed by atoms with Crippen LogP contribution in [0.3, 0.4) is 0 Å². The fourth-order valence-corrected chi connectivity index (χ4v) is 4.05. The number of rotatable bonds is 6. The number of anilines is 1. The lowest BCUT2D eigenvalue weighted by Gasteiger charge is -2.26. The van der Waals surface area contributed by atoms with Crippen molar-refractivity contribution >= 4 is 34.2 Å². The summed E-state index contributed by atoms with van der Waals surface area (Å²) in [7, 11) is 2.75. The number of carbonyl (C=O) groups is 2. The zero-order chi connectivity index (χ0) is 21.8. The fraction of sp³-hybridized carbons (Fsp3) is 0.389. The molecule has 0 atom stereocenters. The van der Waals surface area contributed by atoms with Gasteiger partial charge in [-0.1, -0.05) is 11.3 Å². The number of nitro groups is 1. The van der Waals surface area contributed by atoms with E-state index in [0.29, 0.717) is 18.1 Å². The van der Waals surface area contributed by atoms with Crippen molar-refractivity contribution in [3.05, 3.63) is 38.4 Å².